The van der Waals surface area contributed by atoms with Gasteiger partial charge in [0.05, 0.1) is 11.8 Å². The lowest BCUT2D eigenvalue weighted by molar-refractivity contribution is -0.153. The molecule has 1 saturated heterocycles. The highest BCUT2D eigenvalue weighted by Gasteiger charge is 2.54. The quantitative estimate of drug-likeness (QED) is 0.860. The molecule has 4 atom stereocenters. The summed E-state index contributed by atoms with van der Waals surface area (Å²) in [4.78, 5) is 29.2. The molecule has 5 nitrogen and oxygen atoms in total. The van der Waals surface area contributed by atoms with Gasteiger partial charge in [-0.3, -0.25) is 14.5 Å². The van der Waals surface area contributed by atoms with E-state index < -0.39 is 11.9 Å². The molecule has 0 aromatic rings. The number of hydrogen-bond acceptors (Lipinski definition) is 3. The molecule has 1 amide bonds. The van der Waals surface area contributed by atoms with Gasteiger partial charge in [0.15, 0.2) is 0 Å². The van der Waals surface area contributed by atoms with Gasteiger partial charge >= 0.3 is 5.97 Å². The van der Waals surface area contributed by atoms with E-state index in [4.69, 9.17) is 0 Å². The van der Waals surface area contributed by atoms with E-state index >= 15 is 0 Å². The fourth-order valence-electron chi connectivity index (χ4n) is 5.97. The molecular weight excluding hydrogens is 304 g/mol. The van der Waals surface area contributed by atoms with Crippen LogP contribution in [0.1, 0.15) is 51.4 Å². The molecule has 4 aliphatic rings. The average molecular weight is 334 g/mol. The van der Waals surface area contributed by atoms with Crippen molar-refractivity contribution >= 4 is 11.9 Å². The maximum atomic E-state index is 13.0. The van der Waals surface area contributed by atoms with Gasteiger partial charge in [-0.1, -0.05) is 19.3 Å². The second kappa shape index (κ2) is 6.66. The minimum atomic E-state index is -0.749. The number of nitrogens with zero attached hydrogens (tertiary/aromatic N) is 2. The molecule has 0 radical (unpaired) electrons. The summed E-state index contributed by atoms with van der Waals surface area (Å²) in [7, 11) is 0. The lowest BCUT2D eigenvalue weighted by Crippen LogP contribution is -2.54. The van der Waals surface area contributed by atoms with Gasteiger partial charge in [0.25, 0.3) is 0 Å². The van der Waals surface area contributed by atoms with Gasteiger partial charge in [0, 0.05) is 32.2 Å². The van der Waals surface area contributed by atoms with Crippen LogP contribution in [0.5, 0.6) is 0 Å². The zero-order chi connectivity index (χ0) is 16.7. The monoisotopic (exact) mass is 334 g/mol. The first kappa shape index (κ1) is 16.4. The summed E-state index contributed by atoms with van der Waals surface area (Å²) in [6.45, 7) is 3.51. The third-order valence-electron chi connectivity index (χ3n) is 7.20. The van der Waals surface area contributed by atoms with Crippen LogP contribution in [0.15, 0.2) is 0 Å². The molecule has 134 valence electrons. The Morgan fingerprint density at radius 3 is 2.04 bits per heavy atom. The molecule has 24 heavy (non-hydrogen) atoms. The lowest BCUT2D eigenvalue weighted by Gasteiger charge is -2.42. The Morgan fingerprint density at radius 1 is 0.792 bits per heavy atom. The van der Waals surface area contributed by atoms with Gasteiger partial charge in [-0.15, -0.1) is 0 Å². The van der Waals surface area contributed by atoms with Crippen molar-refractivity contribution in [3.63, 3.8) is 0 Å². The molecule has 2 bridgehead atoms. The highest BCUT2D eigenvalue weighted by Crippen LogP contribution is 2.53. The van der Waals surface area contributed by atoms with Crippen molar-refractivity contribution in [2.45, 2.75) is 57.4 Å². The fraction of sp³-hybridized carbons (Fsp3) is 0.895. The predicted molar refractivity (Wildman–Crippen MR) is 90.5 cm³/mol. The van der Waals surface area contributed by atoms with E-state index in [9.17, 15) is 14.7 Å². The number of piperazine rings is 1. The maximum absolute atomic E-state index is 13.0. The van der Waals surface area contributed by atoms with Crippen LogP contribution >= 0.6 is 0 Å². The number of amides is 1. The number of fused-ring (bicyclic) bond motifs is 2. The summed E-state index contributed by atoms with van der Waals surface area (Å²) in [5, 5.41) is 9.59. The van der Waals surface area contributed by atoms with Crippen LogP contribution < -0.4 is 0 Å². The molecule has 0 aromatic carbocycles. The molecule has 1 aliphatic heterocycles. The number of rotatable bonds is 3. The number of carbonyl (C=O) groups is 2. The van der Waals surface area contributed by atoms with E-state index in [0.29, 0.717) is 12.0 Å². The lowest BCUT2D eigenvalue weighted by atomic mass is 9.78. The van der Waals surface area contributed by atoms with Crippen LogP contribution in [0.25, 0.3) is 0 Å². The van der Waals surface area contributed by atoms with Gasteiger partial charge in [-0.2, -0.15) is 0 Å². The average Bonchev–Trinajstić information content (AvgIpc) is 3.23. The van der Waals surface area contributed by atoms with Crippen molar-refractivity contribution in [2.75, 3.05) is 26.2 Å². The first-order valence-corrected chi connectivity index (χ1v) is 9.91. The van der Waals surface area contributed by atoms with E-state index in [-0.39, 0.29) is 17.7 Å². The van der Waals surface area contributed by atoms with Crippen molar-refractivity contribution in [2.24, 2.45) is 23.7 Å². The Labute approximate surface area is 144 Å². The zero-order valence-corrected chi connectivity index (χ0v) is 14.5. The molecule has 3 saturated carbocycles. The number of carboxylic acids is 1. The molecule has 4 rings (SSSR count). The molecule has 4 fully saturated rings. The smallest absolute Gasteiger partial charge is 0.307 e. The summed E-state index contributed by atoms with van der Waals surface area (Å²) in [5.74, 6) is -0.723. The van der Waals surface area contributed by atoms with Crippen LogP contribution in [-0.2, 0) is 9.59 Å². The van der Waals surface area contributed by atoms with Gasteiger partial charge in [0.1, 0.15) is 0 Å². The highest BCUT2D eigenvalue weighted by molar-refractivity contribution is 5.86. The van der Waals surface area contributed by atoms with Crippen LogP contribution in [0.3, 0.4) is 0 Å². The molecule has 3 aliphatic carbocycles. The van der Waals surface area contributed by atoms with Crippen LogP contribution in [0.2, 0.25) is 0 Å². The summed E-state index contributed by atoms with van der Waals surface area (Å²) >= 11 is 0. The summed E-state index contributed by atoms with van der Waals surface area (Å²) in [6.07, 6.45) is 9.67. The second-order valence-corrected chi connectivity index (χ2v) is 8.38. The third kappa shape index (κ3) is 2.85. The normalized spacial score (nSPS) is 37.8. The van der Waals surface area contributed by atoms with Gasteiger partial charge < -0.3 is 10.0 Å². The van der Waals surface area contributed by atoms with Gasteiger partial charge in [-0.25, -0.2) is 0 Å². The predicted octanol–water partition coefficient (Wildman–Crippen LogP) is 2.21. The van der Waals surface area contributed by atoms with E-state index in [1.54, 1.807) is 0 Å². The second-order valence-electron chi connectivity index (χ2n) is 8.38. The van der Waals surface area contributed by atoms with Crippen molar-refractivity contribution < 1.29 is 14.7 Å². The van der Waals surface area contributed by atoms with Gasteiger partial charge in [-0.05, 0) is 43.9 Å². The molecule has 0 spiro atoms. The molecule has 0 unspecified atom stereocenters. The Kier molecular flexibility index (Phi) is 4.54. The number of hydrogen-bond donors (Lipinski definition) is 1. The topological polar surface area (TPSA) is 60.9 Å². The summed E-state index contributed by atoms with van der Waals surface area (Å²) < 4.78 is 0. The first-order chi connectivity index (χ1) is 11.6. The van der Waals surface area contributed by atoms with Crippen molar-refractivity contribution in [3.05, 3.63) is 0 Å². The number of aliphatic carboxylic acids is 1. The summed E-state index contributed by atoms with van der Waals surface area (Å²) in [5.41, 5.74) is 0. The summed E-state index contributed by atoms with van der Waals surface area (Å²) in [6, 6.07) is 0.713. The van der Waals surface area contributed by atoms with Crippen LogP contribution in [-0.4, -0.2) is 59.0 Å². The SMILES string of the molecule is O=C(O)[C@H]1[C@H]2CC[C@@H](C2)[C@H]1C(=O)N1CCN(C2CCCCC2)CC1. The van der Waals surface area contributed by atoms with Gasteiger partial charge in [0.2, 0.25) is 5.91 Å². The van der Waals surface area contributed by atoms with Crippen molar-refractivity contribution in [1.29, 1.82) is 0 Å². The minimum absolute atomic E-state index is 0.137. The Balaban J connectivity index is 1.37. The molecule has 0 aromatic heterocycles. The Bertz CT molecular complexity index is 495. The standard InChI is InChI=1S/C19H30N2O3/c22-18(16-13-6-7-14(12-13)17(16)19(23)24)21-10-8-20(9-11-21)15-4-2-1-3-5-15/h13-17H,1-12H2,(H,23,24)/t13-,14-,16+,17-/m0/s1. The number of carbonyl (C=O) groups excluding carboxylic acids is 1. The molecular formula is C19H30N2O3. The molecule has 1 heterocycles. The van der Waals surface area contributed by atoms with Crippen molar-refractivity contribution in [1.82, 2.24) is 9.80 Å². The fourth-order valence-corrected chi connectivity index (χ4v) is 5.97. The van der Waals surface area contributed by atoms with E-state index in [0.717, 1.165) is 45.4 Å². The van der Waals surface area contributed by atoms with E-state index in [1.807, 2.05) is 4.90 Å². The number of carboxylic acid groups (broad SMARTS) is 1. The van der Waals surface area contributed by atoms with Crippen LogP contribution in [0, 0.1) is 23.7 Å². The molecule has 1 N–H and O–H groups in total. The Hall–Kier alpha value is -1.10. The van der Waals surface area contributed by atoms with E-state index in [1.165, 1.54) is 32.1 Å². The minimum Gasteiger partial charge on any atom is -0.481 e. The Morgan fingerprint density at radius 2 is 1.42 bits per heavy atom. The maximum Gasteiger partial charge on any atom is 0.307 e. The van der Waals surface area contributed by atoms with Crippen LogP contribution in [0.4, 0.5) is 0 Å². The first-order valence-electron chi connectivity index (χ1n) is 9.91. The molecule has 5 heteroatoms. The highest BCUT2D eigenvalue weighted by atomic mass is 16.4. The largest absolute Gasteiger partial charge is 0.481 e. The third-order valence-corrected chi connectivity index (χ3v) is 7.20. The van der Waals surface area contributed by atoms with E-state index in [2.05, 4.69) is 4.90 Å². The zero-order valence-electron chi connectivity index (χ0n) is 14.5. The van der Waals surface area contributed by atoms with Crippen molar-refractivity contribution in [3.8, 4) is 0 Å².